The molecule has 7 rings (SSSR count). The first-order chi connectivity index (χ1) is 60.9. The minimum atomic E-state index is -3.50. The number of likely N-dealkylation sites (tertiary alicyclic amines) is 1. The molecule has 5 N–H and O–H groups in total. The molecule has 3 aliphatic carbocycles. The van der Waals surface area contributed by atoms with Crippen LogP contribution >= 0.6 is 15.2 Å². The zero-order valence-corrected chi connectivity index (χ0v) is 92.5. The number of rotatable bonds is 33. The van der Waals surface area contributed by atoms with E-state index in [2.05, 4.69) is 48.9 Å². The van der Waals surface area contributed by atoms with E-state index in [4.69, 9.17) is 71.5 Å². The average Bonchev–Trinajstić information content (AvgIpc) is 1.68. The number of ether oxygens (including phenoxy) is 10. The number of nitrogens with one attached hydrogen (secondary N) is 3. The van der Waals surface area contributed by atoms with Crippen LogP contribution in [0.25, 0.3) is 0 Å². The molecule has 0 bridgehead atoms. The van der Waals surface area contributed by atoms with Gasteiger partial charge in [0.05, 0.1) is 47.8 Å². The summed E-state index contributed by atoms with van der Waals surface area (Å²) >= 11 is 0. The number of carboxylic acid groups (broad SMARTS) is 1. The number of hydrogen-bond donors (Lipinski definition) is 5. The molecule has 0 aromatic heterocycles. The van der Waals surface area contributed by atoms with Crippen molar-refractivity contribution in [2.45, 2.75) is 350 Å². The van der Waals surface area contributed by atoms with E-state index in [1.54, 1.807) is 123 Å². The number of ketones is 3. The maximum absolute atomic E-state index is 12.3. The Hall–Kier alpha value is -3.77. The van der Waals surface area contributed by atoms with Crippen molar-refractivity contribution in [3.63, 3.8) is 0 Å². The summed E-state index contributed by atoms with van der Waals surface area (Å²) in [5.41, 5.74) is -2.81. The van der Waals surface area contributed by atoms with E-state index < -0.39 is 134 Å². The number of nitrogens with zero attached hydrogens (tertiary/aromatic N) is 1. The fraction of sp³-hybridized carbons (Fsp3) is 0.789. The SMILES string of the molecule is C1CCOC1.C1CCOC1.CC(C)(C)OC(=O)N[C@@H](CCC(=O)/C=C/C1CCCC1)C(=O)O.CCOP(=O)(CC(=O)CC[C@H](NC(=O)OC(C)(C)C)C(=O)OC)OCC.CCOP(C)(=O)OCC.COC(=O)[C@@H]1CCC(=O)N1C(=O)OC(C)(C)C.COC(=O)[C@H](CCC(=O)/C=C/C1CCCC1)NC(=O)OC(C)(C)C.O=CC1CCCC1.O=CO[O-].OC1CCCO1.[CH2-]CCC.[H-].[K+].[K+].[Li+]. The number of aldehydes is 1. The van der Waals surface area contributed by atoms with Crippen LogP contribution in [0.2, 0.25) is 0 Å². The second-order valence-electron chi connectivity index (χ2n) is 34.2. The zero-order valence-electron chi connectivity index (χ0n) is 85.5. The van der Waals surface area contributed by atoms with Crippen LogP contribution in [-0.4, -0.2) is 246 Å². The predicted molar refractivity (Wildman–Crippen MR) is 485 cm³/mol. The van der Waals surface area contributed by atoms with Crippen LogP contribution in [0, 0.1) is 24.7 Å². The summed E-state index contributed by atoms with van der Waals surface area (Å²) in [4.78, 5) is 163. The Labute approximate surface area is 889 Å². The monoisotopic (exact) mass is 1990 g/mol. The van der Waals surface area contributed by atoms with Crippen LogP contribution in [0.4, 0.5) is 19.2 Å². The van der Waals surface area contributed by atoms with E-state index in [0.29, 0.717) is 31.0 Å². The number of imide groups is 1. The van der Waals surface area contributed by atoms with Crippen molar-refractivity contribution in [1.82, 2.24) is 20.9 Å². The summed E-state index contributed by atoms with van der Waals surface area (Å²) < 4.78 is 91.8. The van der Waals surface area contributed by atoms with E-state index in [9.17, 15) is 71.5 Å². The molecular formula is C90H161K2LiN4O34P2. The number of carbonyl (C=O) groups is 14. The maximum atomic E-state index is 12.3. The third-order valence-corrected chi connectivity index (χ3v) is 21.4. The predicted octanol–water partition coefficient (Wildman–Crippen LogP) is 6.11. The molecule has 0 radical (unpaired) electrons. The van der Waals surface area contributed by atoms with Gasteiger partial charge in [-0.15, -0.1) is 0 Å². The van der Waals surface area contributed by atoms with Crippen molar-refractivity contribution in [2.24, 2.45) is 17.8 Å². The van der Waals surface area contributed by atoms with Crippen LogP contribution < -0.4 is 143 Å². The molecule has 43 heteroatoms. The van der Waals surface area contributed by atoms with Crippen LogP contribution in [0.15, 0.2) is 24.3 Å². The normalized spacial score (nSPS) is 16.9. The van der Waals surface area contributed by atoms with Crippen LogP contribution in [0.1, 0.15) is 299 Å². The number of carbonyl (C=O) groups excluding carboxylic acids is 13. The van der Waals surface area contributed by atoms with Crippen molar-refractivity contribution in [3.05, 3.63) is 31.2 Å². The Morgan fingerprint density at radius 1 is 0.526 bits per heavy atom. The van der Waals surface area contributed by atoms with Gasteiger partial charge in [-0.05, 0) is 231 Å². The summed E-state index contributed by atoms with van der Waals surface area (Å²) in [6.45, 7) is 40.2. The minimum Gasteiger partial charge on any atom is -1.00 e. The van der Waals surface area contributed by atoms with Gasteiger partial charge < -0.3 is 115 Å². The molecule has 4 aliphatic heterocycles. The molecule has 3 saturated carbocycles. The number of unbranched alkanes of at least 4 members (excludes halogenated alkanes) is 1. The van der Waals surface area contributed by atoms with Gasteiger partial charge in [-0.1, -0.05) is 64.0 Å². The van der Waals surface area contributed by atoms with Gasteiger partial charge in [-0.25, -0.2) is 43.3 Å². The Morgan fingerprint density at radius 2 is 0.872 bits per heavy atom. The molecule has 38 nitrogen and oxygen atoms in total. The van der Waals surface area contributed by atoms with Gasteiger partial charge in [0.25, 0.3) is 6.47 Å². The van der Waals surface area contributed by atoms with E-state index in [-0.39, 0.29) is 206 Å². The molecule has 758 valence electrons. The van der Waals surface area contributed by atoms with Crippen LogP contribution in [-0.2, 0) is 127 Å². The van der Waals surface area contributed by atoms with E-state index in [1.807, 2.05) is 12.2 Å². The third kappa shape index (κ3) is 84.8. The quantitative estimate of drug-likeness (QED) is 0.00569. The van der Waals surface area contributed by atoms with Gasteiger partial charge in [0.15, 0.2) is 17.9 Å². The molecule has 5 atom stereocenters. The first-order valence-electron chi connectivity index (χ1n) is 45.0. The molecule has 4 saturated heterocycles. The van der Waals surface area contributed by atoms with E-state index in [0.717, 1.165) is 102 Å². The molecular weight excluding hydrogens is 1830 g/mol. The van der Waals surface area contributed by atoms with Crippen molar-refractivity contribution in [2.75, 3.05) is 93.6 Å². The molecule has 0 aromatic rings. The molecule has 133 heavy (non-hydrogen) atoms. The molecule has 7 fully saturated rings. The number of Topliss-reactive ketones (excluding diaryl/α,β-unsaturated/α-hetero) is 1. The van der Waals surface area contributed by atoms with E-state index >= 15 is 0 Å². The number of aliphatic hydroxyl groups excluding tert-OH is 1. The van der Waals surface area contributed by atoms with Gasteiger partial charge in [0.1, 0.15) is 64.8 Å². The van der Waals surface area contributed by atoms with E-state index in [1.165, 1.54) is 98.6 Å². The minimum absolute atomic E-state index is 0. The number of carboxylic acids is 1. The van der Waals surface area contributed by atoms with Crippen molar-refractivity contribution >= 4 is 99.5 Å². The number of hydrogen-bond acceptors (Lipinski definition) is 33. The number of methoxy groups -OCH3 is 3. The van der Waals surface area contributed by atoms with Crippen LogP contribution in [0.5, 0.6) is 0 Å². The Kier molecular flexibility index (Phi) is 89.8. The van der Waals surface area contributed by atoms with Crippen molar-refractivity contribution in [1.29, 1.82) is 0 Å². The van der Waals surface area contributed by atoms with Gasteiger partial charge in [-0.3, -0.25) is 33.1 Å². The molecule has 1 unspecified atom stereocenters. The molecule has 0 spiro atoms. The number of alkyl carbamates (subject to hydrolysis) is 3. The fourth-order valence-corrected chi connectivity index (χ4v) is 14.4. The number of aliphatic carboxylic acids is 1. The molecule has 0 aromatic carbocycles. The second-order valence-corrected chi connectivity index (χ2v) is 38.4. The topological polar surface area (TPSA) is 514 Å². The molecule has 7 aliphatic rings. The van der Waals surface area contributed by atoms with Gasteiger partial charge in [0.2, 0.25) is 5.91 Å². The van der Waals surface area contributed by atoms with Gasteiger partial charge in [0, 0.05) is 77.7 Å². The Morgan fingerprint density at radius 3 is 1.14 bits per heavy atom. The number of esters is 3. The summed E-state index contributed by atoms with van der Waals surface area (Å²) in [5, 5.41) is 33.2. The number of amides is 5. The largest absolute Gasteiger partial charge is 1.00 e. The van der Waals surface area contributed by atoms with Gasteiger partial charge in [-0.2, -0.15) is 6.42 Å². The van der Waals surface area contributed by atoms with Crippen molar-refractivity contribution in [3.8, 4) is 0 Å². The number of aliphatic hydroxyl groups is 1. The molecule has 5 amide bonds. The Balaban J connectivity index is -0.000000229. The van der Waals surface area contributed by atoms with Crippen LogP contribution in [0.3, 0.4) is 0 Å². The third-order valence-electron chi connectivity index (χ3n) is 17.9. The summed E-state index contributed by atoms with van der Waals surface area (Å²) in [5.74, 6) is -2.68. The standard InChI is InChI=1S/C18H29NO5.C17H27NO5.C16H30NO8P.C11H17NO5.C6H10O.C5H13O3P.C4H8O2.2C4H8O.C4H9.CH2O3.2K.Li.H/c1-18(2,3)24-17(22)19-15(16(21)23-4)12-11-14(20)10-9-13-7-5-6-8-13;1-17(2,3)23-16(22)18-14(15(20)21)11-10-13(19)9-8-12-6-4-5-7-12;1-7-23-26(21,24-8-2)11-12(18)9-10-13(14(19)22-6)17-15(20)25-16(3,4)5;1-11(2,3)17-10(15)12-7(9(14)16-4)5-6-8(12)13;7-5-6-3-1-2-4-6;1-4-7-9(3,6)8-5-2;5-4-2-1-3-6-4;2*1-2-4-5-3-1;1-3-4-2;2-1-4-3;;;;/h9-10,13,15H,5-8,11-12H2,1-4H3,(H,19,22);8-9,12,14H,4-7,10-11H2,1-3H3,(H,18,22)(H,20,21);13H,7-11H2,1-6H3,(H,17,20);7H,5-6H2,1-4H3;5-6H,1-4H2;4-5H2,1-3H3;4-5H,1-3H2;2*1-4H2;1,3-4H2,2H3;1,3H;;;;/q;;;;;;;;;-1;;3*+1;-1/p-1/b10-9+;9-8+;;;;;;;;;;;;;/t15-;14-;13-;7-;;;;;;;;;;;/m0000.........../s1. The van der Waals surface area contributed by atoms with Crippen molar-refractivity contribution < 1.29 is 285 Å². The summed E-state index contributed by atoms with van der Waals surface area (Å²) in [7, 11) is -2.55. The average molecular weight is 1990 g/mol. The first-order valence-corrected chi connectivity index (χ1v) is 48.7. The zero-order chi connectivity index (χ0) is 100.0. The van der Waals surface area contributed by atoms with Gasteiger partial charge >= 0.3 is 185 Å². The smallest absolute Gasteiger partial charge is 1.00 e. The molecule has 4 heterocycles. The fourth-order valence-electron chi connectivity index (χ4n) is 11.8. The number of allylic oxidation sites excluding steroid dienone is 4. The maximum Gasteiger partial charge on any atom is 1.00 e. The Bertz CT molecular complexity index is 3320. The summed E-state index contributed by atoms with van der Waals surface area (Å²) in [6.07, 6.45) is 28.3. The second kappa shape index (κ2) is 84.0. The first kappa shape index (κ1) is 142. The summed E-state index contributed by atoms with van der Waals surface area (Å²) in [6, 6.07) is -3.94.